The maximum atomic E-state index is 13.9. The third kappa shape index (κ3) is 8.41. The van der Waals surface area contributed by atoms with Crippen molar-refractivity contribution in [3.63, 3.8) is 0 Å². The molecule has 3 aliphatic rings. The lowest BCUT2D eigenvalue weighted by Crippen LogP contribution is -2.52. The highest BCUT2D eigenvalue weighted by molar-refractivity contribution is 7.87. The fraction of sp³-hybridized carbons (Fsp3) is 0.622. The average Bonchev–Trinajstić information content (AvgIpc) is 3.55. The number of amides is 2. The number of ether oxygens (including phenoxy) is 2. The molecule has 2 fully saturated rings. The predicted octanol–water partition coefficient (Wildman–Crippen LogP) is 5.02. The Balaban J connectivity index is 1.58. The summed E-state index contributed by atoms with van der Waals surface area (Å²) >= 11 is 6.36. The number of hydrogen-bond acceptors (Lipinski definition) is 8. The van der Waals surface area contributed by atoms with Crippen molar-refractivity contribution in [1.82, 2.24) is 13.9 Å². The van der Waals surface area contributed by atoms with Crippen LogP contribution in [0, 0.1) is 11.8 Å². The summed E-state index contributed by atoms with van der Waals surface area (Å²) in [5.41, 5.74) is 0.473. The normalized spacial score (nSPS) is 23.1. The second kappa shape index (κ2) is 16.2. The molecule has 50 heavy (non-hydrogen) atoms. The maximum absolute atomic E-state index is 13.9. The van der Waals surface area contributed by atoms with Gasteiger partial charge < -0.3 is 24.4 Å². The standard InChI is InChI=1S/C37H53ClN4O7S/c1-6-31-11-9-19-42(31)35(43)22-37(45,36(44)39-50(46,47)40(3)4)29-14-17-34-33(21-29)41(23-27-13-16-32(27)25(2)48-5)18-8-7-10-26-20-30(38)15-12-28(26)24-49-34/h12,14-15,17,20-21,25,27,31-32,45H,6-11,13,16,18-19,22-24H2,1-5H3,(H,39,44)/t25-,27-,31+,32-,37-/m0/s1. The molecule has 0 unspecified atom stereocenters. The van der Waals surface area contributed by atoms with Gasteiger partial charge in [0.1, 0.15) is 12.4 Å². The molecule has 0 spiro atoms. The highest BCUT2D eigenvalue weighted by Crippen LogP contribution is 2.42. The van der Waals surface area contributed by atoms with Crippen molar-refractivity contribution >= 4 is 39.3 Å². The van der Waals surface area contributed by atoms with E-state index < -0.39 is 34.0 Å². The Kier molecular flexibility index (Phi) is 12.4. The Morgan fingerprint density at radius 3 is 2.56 bits per heavy atom. The third-order valence-corrected chi connectivity index (χ3v) is 12.7. The van der Waals surface area contributed by atoms with Crippen LogP contribution in [0.1, 0.15) is 81.9 Å². The first-order chi connectivity index (χ1) is 23.8. The molecule has 5 atom stereocenters. The molecule has 2 N–H and O–H groups in total. The van der Waals surface area contributed by atoms with Crippen LogP contribution >= 0.6 is 11.6 Å². The van der Waals surface area contributed by atoms with Crippen molar-refractivity contribution in [3.05, 3.63) is 58.1 Å². The molecule has 276 valence electrons. The van der Waals surface area contributed by atoms with Gasteiger partial charge in [-0.15, -0.1) is 0 Å². The van der Waals surface area contributed by atoms with Gasteiger partial charge in [-0.1, -0.05) is 30.7 Å². The zero-order valence-electron chi connectivity index (χ0n) is 30.0. The molecule has 1 saturated carbocycles. The van der Waals surface area contributed by atoms with E-state index in [2.05, 4.69) is 11.8 Å². The Bertz CT molecular complexity index is 1640. The van der Waals surface area contributed by atoms with Crippen LogP contribution in [0.3, 0.4) is 0 Å². The lowest BCUT2D eigenvalue weighted by Gasteiger charge is -2.43. The summed E-state index contributed by atoms with van der Waals surface area (Å²) in [4.78, 5) is 31.7. The topological polar surface area (TPSA) is 129 Å². The van der Waals surface area contributed by atoms with Crippen LogP contribution in [0.2, 0.25) is 5.02 Å². The van der Waals surface area contributed by atoms with Crippen molar-refractivity contribution in [1.29, 1.82) is 0 Å². The highest BCUT2D eigenvalue weighted by Gasteiger charge is 2.45. The van der Waals surface area contributed by atoms with Gasteiger partial charge in [0, 0.05) is 51.9 Å². The van der Waals surface area contributed by atoms with E-state index in [1.54, 1.807) is 30.2 Å². The third-order valence-electron chi connectivity index (χ3n) is 11.0. The van der Waals surface area contributed by atoms with Crippen molar-refractivity contribution in [2.45, 2.75) is 96.0 Å². The van der Waals surface area contributed by atoms with Gasteiger partial charge in [-0.25, -0.2) is 4.72 Å². The summed E-state index contributed by atoms with van der Waals surface area (Å²) < 4.78 is 40.8. The number of aliphatic hydroxyl groups is 1. The molecule has 11 nitrogen and oxygen atoms in total. The number of methoxy groups -OCH3 is 1. The van der Waals surface area contributed by atoms with E-state index >= 15 is 0 Å². The molecule has 2 amide bonds. The van der Waals surface area contributed by atoms with Crippen LogP contribution in [0.15, 0.2) is 36.4 Å². The van der Waals surface area contributed by atoms with Crippen molar-refractivity contribution in [3.8, 4) is 5.75 Å². The number of benzene rings is 2. The molecule has 5 rings (SSSR count). The van der Waals surface area contributed by atoms with E-state index in [9.17, 15) is 23.1 Å². The fourth-order valence-electron chi connectivity index (χ4n) is 7.61. The number of likely N-dealkylation sites (tertiary alicyclic amines) is 1. The van der Waals surface area contributed by atoms with E-state index in [0.29, 0.717) is 47.9 Å². The number of carbonyl (C=O) groups excluding carboxylic acids is 2. The van der Waals surface area contributed by atoms with Gasteiger partial charge in [0.25, 0.3) is 5.91 Å². The highest BCUT2D eigenvalue weighted by atomic mass is 35.5. The summed E-state index contributed by atoms with van der Waals surface area (Å²) in [7, 11) is 0.0324. The molecule has 1 aliphatic carbocycles. The summed E-state index contributed by atoms with van der Waals surface area (Å²) in [5, 5.41) is 13.0. The lowest BCUT2D eigenvalue weighted by atomic mass is 9.70. The summed E-state index contributed by atoms with van der Waals surface area (Å²) in [6.45, 7) is 6.31. The molecule has 0 radical (unpaired) electrons. The zero-order chi connectivity index (χ0) is 36.2. The number of halogens is 1. The first-order valence-corrected chi connectivity index (χ1v) is 19.7. The molecule has 13 heteroatoms. The van der Waals surface area contributed by atoms with Gasteiger partial charge in [-0.3, -0.25) is 9.59 Å². The number of rotatable bonds is 11. The van der Waals surface area contributed by atoms with Gasteiger partial charge >= 0.3 is 10.2 Å². The second-order valence-electron chi connectivity index (χ2n) is 14.3. The van der Waals surface area contributed by atoms with Gasteiger partial charge in [0.15, 0.2) is 5.60 Å². The molecule has 2 aliphatic heterocycles. The zero-order valence-corrected chi connectivity index (χ0v) is 31.6. The summed E-state index contributed by atoms with van der Waals surface area (Å²) in [6, 6.07) is 10.8. The molecule has 0 aromatic heterocycles. The van der Waals surface area contributed by atoms with Gasteiger partial charge in [-0.2, -0.15) is 12.7 Å². The molecule has 2 aromatic rings. The van der Waals surface area contributed by atoms with Gasteiger partial charge in [0.05, 0.1) is 18.2 Å². The average molecular weight is 733 g/mol. The van der Waals surface area contributed by atoms with Crippen LogP contribution in [-0.4, -0.2) is 87.5 Å². The number of carbonyl (C=O) groups is 2. The number of hydrogen-bond donors (Lipinski definition) is 2. The first-order valence-electron chi connectivity index (χ1n) is 17.9. The first kappa shape index (κ1) is 38.3. The molecule has 0 bridgehead atoms. The van der Waals surface area contributed by atoms with E-state index in [1.807, 2.05) is 29.8 Å². The van der Waals surface area contributed by atoms with E-state index in [4.69, 9.17) is 21.1 Å². The van der Waals surface area contributed by atoms with Crippen molar-refractivity contribution in [2.75, 3.05) is 45.7 Å². The Hall–Kier alpha value is -2.90. The number of nitrogens with zero attached hydrogens (tertiary/aromatic N) is 3. The Morgan fingerprint density at radius 1 is 1.10 bits per heavy atom. The van der Waals surface area contributed by atoms with E-state index in [-0.39, 0.29) is 24.3 Å². The SMILES string of the molecule is CC[C@@H]1CCCN1C(=O)C[C@@](O)(C(=O)NS(=O)(=O)N(C)C)c1ccc2c(c1)N(C[C@@H]1CC[C@H]1[C@H](C)OC)CCCCc1cc(Cl)ccc1CO2. The van der Waals surface area contributed by atoms with E-state index in [1.165, 1.54) is 14.1 Å². The lowest BCUT2D eigenvalue weighted by molar-refractivity contribution is -0.149. The minimum atomic E-state index is -4.28. The van der Waals surface area contributed by atoms with Gasteiger partial charge in [0.2, 0.25) is 5.91 Å². The molecular formula is C37H53ClN4O7S. The number of fused-ring (bicyclic) bond motifs is 2. The second-order valence-corrected chi connectivity index (χ2v) is 16.6. The number of anilines is 1. The van der Waals surface area contributed by atoms with E-state index in [0.717, 1.165) is 66.8 Å². The van der Waals surface area contributed by atoms with Crippen LogP contribution in [0.25, 0.3) is 0 Å². The minimum Gasteiger partial charge on any atom is -0.487 e. The number of nitrogens with one attached hydrogen (secondary N) is 1. The van der Waals surface area contributed by atoms with Crippen LogP contribution in [-0.2, 0) is 43.2 Å². The molecule has 2 aromatic carbocycles. The van der Waals surface area contributed by atoms with Crippen LogP contribution in [0.4, 0.5) is 5.69 Å². The monoisotopic (exact) mass is 732 g/mol. The fourth-order valence-corrected chi connectivity index (χ4v) is 8.39. The Labute approximate surface area is 302 Å². The summed E-state index contributed by atoms with van der Waals surface area (Å²) in [5.74, 6) is -0.277. The maximum Gasteiger partial charge on any atom is 0.303 e. The smallest absolute Gasteiger partial charge is 0.303 e. The van der Waals surface area contributed by atoms with Gasteiger partial charge in [-0.05, 0) is 111 Å². The Morgan fingerprint density at radius 2 is 1.88 bits per heavy atom. The van der Waals surface area contributed by atoms with Crippen molar-refractivity contribution < 1.29 is 32.6 Å². The summed E-state index contributed by atoms with van der Waals surface area (Å²) in [6.07, 6.45) is 6.66. The van der Waals surface area contributed by atoms with Crippen LogP contribution < -0.4 is 14.4 Å². The van der Waals surface area contributed by atoms with Crippen molar-refractivity contribution in [2.24, 2.45) is 11.8 Å². The largest absolute Gasteiger partial charge is 0.487 e. The molecule has 1 saturated heterocycles. The minimum absolute atomic E-state index is 0.000649. The predicted molar refractivity (Wildman–Crippen MR) is 194 cm³/mol. The molecule has 2 heterocycles. The molecular weight excluding hydrogens is 680 g/mol. The van der Waals surface area contributed by atoms with Crippen LogP contribution in [0.5, 0.6) is 5.75 Å². The quantitative estimate of drug-likeness (QED) is 0.330. The number of aryl methyl sites for hydroxylation is 1.